The molecule has 0 spiro atoms. The Morgan fingerprint density at radius 1 is 1.12 bits per heavy atom. The van der Waals surface area contributed by atoms with Crippen LogP contribution in [0.15, 0.2) is 24.3 Å². The molecular formula is C17H22ClN3O2S. The zero-order valence-electron chi connectivity index (χ0n) is 13.4. The Labute approximate surface area is 152 Å². The minimum atomic E-state index is -0.417. The Balaban J connectivity index is 1.68. The van der Waals surface area contributed by atoms with Gasteiger partial charge in [-0.3, -0.25) is 20.4 Å². The predicted octanol–water partition coefficient (Wildman–Crippen LogP) is 3.34. The monoisotopic (exact) mass is 367 g/mol. The van der Waals surface area contributed by atoms with Gasteiger partial charge in [0, 0.05) is 6.42 Å². The van der Waals surface area contributed by atoms with Crippen LogP contribution in [-0.4, -0.2) is 16.9 Å². The summed E-state index contributed by atoms with van der Waals surface area (Å²) in [5.41, 5.74) is 5.27. The van der Waals surface area contributed by atoms with Gasteiger partial charge in [0.05, 0.1) is 10.6 Å². The van der Waals surface area contributed by atoms with Crippen molar-refractivity contribution in [3.63, 3.8) is 0 Å². The summed E-state index contributed by atoms with van der Waals surface area (Å²) in [6, 6.07) is 6.68. The predicted molar refractivity (Wildman–Crippen MR) is 98.6 cm³/mol. The fourth-order valence-electron chi connectivity index (χ4n) is 2.86. The average molecular weight is 368 g/mol. The number of benzene rings is 1. The molecule has 0 saturated heterocycles. The molecule has 0 atom stereocenters. The Kier molecular flexibility index (Phi) is 7.46. The topological polar surface area (TPSA) is 70.2 Å². The van der Waals surface area contributed by atoms with Crippen molar-refractivity contribution in [1.29, 1.82) is 0 Å². The van der Waals surface area contributed by atoms with Crippen molar-refractivity contribution in [2.75, 3.05) is 0 Å². The molecule has 5 nitrogen and oxygen atoms in total. The standard InChI is InChI=1S/C17H22ClN3O2S/c18-14-9-5-4-8-13(14)16(23)20-21-17(24)19-15(22)11-10-12-6-2-1-3-7-12/h4-5,8-9,12H,1-3,6-7,10-11H2,(H,20,23)(H2,19,21,22,24). The van der Waals surface area contributed by atoms with Crippen LogP contribution in [0.2, 0.25) is 5.02 Å². The second-order valence-corrected chi connectivity index (χ2v) is 6.79. The molecule has 0 aliphatic heterocycles. The Morgan fingerprint density at radius 2 is 1.83 bits per heavy atom. The lowest BCUT2D eigenvalue weighted by atomic mass is 9.86. The zero-order chi connectivity index (χ0) is 17.4. The lowest BCUT2D eigenvalue weighted by molar-refractivity contribution is -0.120. The van der Waals surface area contributed by atoms with Gasteiger partial charge in [-0.15, -0.1) is 0 Å². The smallest absolute Gasteiger partial charge is 0.271 e. The molecule has 7 heteroatoms. The maximum absolute atomic E-state index is 12.0. The minimum Gasteiger partial charge on any atom is -0.302 e. The van der Waals surface area contributed by atoms with E-state index >= 15 is 0 Å². The number of halogens is 1. The highest BCUT2D eigenvalue weighted by molar-refractivity contribution is 7.80. The van der Waals surface area contributed by atoms with Crippen LogP contribution in [0, 0.1) is 5.92 Å². The average Bonchev–Trinajstić information content (AvgIpc) is 2.59. The van der Waals surface area contributed by atoms with Gasteiger partial charge in [0.2, 0.25) is 5.91 Å². The van der Waals surface area contributed by atoms with Crippen molar-refractivity contribution in [3.8, 4) is 0 Å². The summed E-state index contributed by atoms with van der Waals surface area (Å²) in [6.45, 7) is 0. The maximum atomic E-state index is 12.0. The van der Waals surface area contributed by atoms with Crippen molar-refractivity contribution >= 4 is 40.7 Å². The second kappa shape index (κ2) is 9.59. The van der Waals surface area contributed by atoms with Crippen LogP contribution in [0.25, 0.3) is 0 Å². The quantitative estimate of drug-likeness (QED) is 0.564. The van der Waals surface area contributed by atoms with Crippen molar-refractivity contribution in [2.45, 2.75) is 44.9 Å². The Hall–Kier alpha value is -1.66. The van der Waals surface area contributed by atoms with Crippen LogP contribution in [0.3, 0.4) is 0 Å². The van der Waals surface area contributed by atoms with Crippen LogP contribution in [0.4, 0.5) is 0 Å². The largest absolute Gasteiger partial charge is 0.302 e. The van der Waals surface area contributed by atoms with Crippen LogP contribution >= 0.6 is 23.8 Å². The van der Waals surface area contributed by atoms with Crippen LogP contribution < -0.4 is 16.2 Å². The van der Waals surface area contributed by atoms with E-state index in [9.17, 15) is 9.59 Å². The van der Waals surface area contributed by atoms with E-state index in [0.717, 1.165) is 6.42 Å². The van der Waals surface area contributed by atoms with Gasteiger partial charge in [-0.25, -0.2) is 0 Å². The van der Waals surface area contributed by atoms with E-state index in [1.165, 1.54) is 32.1 Å². The van der Waals surface area contributed by atoms with Gasteiger partial charge in [0.1, 0.15) is 0 Å². The first kappa shape index (κ1) is 18.7. The third-order valence-corrected chi connectivity index (χ3v) is 4.70. The number of carbonyl (C=O) groups excluding carboxylic acids is 2. The van der Waals surface area contributed by atoms with E-state index < -0.39 is 5.91 Å². The highest BCUT2D eigenvalue weighted by Gasteiger charge is 2.15. The summed E-state index contributed by atoms with van der Waals surface area (Å²) in [6.07, 6.45) is 7.60. The molecule has 0 bridgehead atoms. The van der Waals surface area contributed by atoms with Crippen molar-refractivity contribution in [2.24, 2.45) is 5.92 Å². The molecule has 0 unspecified atom stereocenters. The Morgan fingerprint density at radius 3 is 2.54 bits per heavy atom. The molecular weight excluding hydrogens is 346 g/mol. The first-order valence-electron chi connectivity index (χ1n) is 8.21. The molecule has 1 aromatic rings. The molecule has 3 N–H and O–H groups in total. The molecule has 24 heavy (non-hydrogen) atoms. The first-order chi connectivity index (χ1) is 11.6. The van der Waals surface area contributed by atoms with Gasteiger partial charge < -0.3 is 5.32 Å². The van der Waals surface area contributed by atoms with E-state index in [-0.39, 0.29) is 11.0 Å². The molecule has 130 valence electrons. The van der Waals surface area contributed by atoms with Crippen LogP contribution in [0.5, 0.6) is 0 Å². The second-order valence-electron chi connectivity index (χ2n) is 5.98. The van der Waals surface area contributed by atoms with E-state index in [4.69, 9.17) is 23.8 Å². The van der Waals surface area contributed by atoms with Gasteiger partial charge in [-0.1, -0.05) is 55.8 Å². The fourth-order valence-corrected chi connectivity index (χ4v) is 3.24. The minimum absolute atomic E-state index is 0.0732. The van der Waals surface area contributed by atoms with E-state index in [1.54, 1.807) is 24.3 Å². The molecule has 2 rings (SSSR count). The normalized spacial score (nSPS) is 14.7. The first-order valence-corrected chi connectivity index (χ1v) is 8.99. The lowest BCUT2D eigenvalue weighted by Crippen LogP contribution is -2.48. The number of hydrogen-bond donors (Lipinski definition) is 3. The summed E-state index contributed by atoms with van der Waals surface area (Å²) < 4.78 is 0. The number of carbonyl (C=O) groups is 2. The highest BCUT2D eigenvalue weighted by atomic mass is 35.5. The summed E-state index contributed by atoms with van der Waals surface area (Å²) in [7, 11) is 0. The van der Waals surface area contributed by atoms with E-state index in [1.807, 2.05) is 0 Å². The van der Waals surface area contributed by atoms with Crippen molar-refractivity contribution < 1.29 is 9.59 Å². The third kappa shape index (κ3) is 6.09. The molecule has 0 aromatic heterocycles. The number of thiocarbonyl (C=S) groups is 1. The van der Waals surface area contributed by atoms with Gasteiger partial charge in [0.15, 0.2) is 5.11 Å². The zero-order valence-corrected chi connectivity index (χ0v) is 15.0. The van der Waals surface area contributed by atoms with Gasteiger partial charge >= 0.3 is 0 Å². The third-order valence-electron chi connectivity index (χ3n) is 4.17. The molecule has 1 aromatic carbocycles. The maximum Gasteiger partial charge on any atom is 0.271 e. The summed E-state index contributed by atoms with van der Waals surface area (Å²) in [5, 5.41) is 2.99. The summed E-state index contributed by atoms with van der Waals surface area (Å²) in [5.74, 6) is 0.0930. The van der Waals surface area contributed by atoms with E-state index in [2.05, 4.69) is 16.2 Å². The molecule has 0 heterocycles. The summed E-state index contributed by atoms with van der Waals surface area (Å²) >= 11 is 11.0. The van der Waals surface area contributed by atoms with Gasteiger partial charge in [-0.05, 0) is 36.7 Å². The number of rotatable bonds is 4. The van der Waals surface area contributed by atoms with Gasteiger partial charge in [-0.2, -0.15) is 0 Å². The molecule has 1 aliphatic carbocycles. The summed E-state index contributed by atoms with van der Waals surface area (Å²) in [4.78, 5) is 23.9. The molecule has 1 aliphatic rings. The van der Waals surface area contributed by atoms with Crippen molar-refractivity contribution in [3.05, 3.63) is 34.9 Å². The van der Waals surface area contributed by atoms with Crippen LogP contribution in [0.1, 0.15) is 55.3 Å². The lowest BCUT2D eigenvalue weighted by Gasteiger charge is -2.21. The van der Waals surface area contributed by atoms with Gasteiger partial charge in [0.25, 0.3) is 5.91 Å². The number of hydrogen-bond acceptors (Lipinski definition) is 3. The number of amides is 2. The van der Waals surface area contributed by atoms with E-state index in [0.29, 0.717) is 22.9 Å². The Bertz CT molecular complexity index is 603. The molecule has 2 amide bonds. The molecule has 1 fully saturated rings. The fraction of sp³-hybridized carbons (Fsp3) is 0.471. The highest BCUT2D eigenvalue weighted by Crippen LogP contribution is 2.27. The SMILES string of the molecule is O=C(CCC1CCCCC1)NC(=S)NNC(=O)c1ccccc1Cl. The van der Waals surface area contributed by atoms with Crippen LogP contribution in [-0.2, 0) is 4.79 Å². The number of hydrazine groups is 1. The number of nitrogens with one attached hydrogen (secondary N) is 3. The molecule has 0 radical (unpaired) electrons. The van der Waals surface area contributed by atoms with Crippen molar-refractivity contribution in [1.82, 2.24) is 16.2 Å². The molecule has 1 saturated carbocycles.